The van der Waals surface area contributed by atoms with Crippen molar-refractivity contribution in [2.75, 3.05) is 6.54 Å². The quantitative estimate of drug-likeness (QED) is 0.520. The molecule has 0 bridgehead atoms. The highest BCUT2D eigenvalue weighted by atomic mass is 32.2. The van der Waals surface area contributed by atoms with E-state index >= 15 is 0 Å². The number of hydrogen-bond donors (Lipinski definition) is 0. The van der Waals surface area contributed by atoms with Crippen LogP contribution < -0.4 is 0 Å². The van der Waals surface area contributed by atoms with Crippen LogP contribution in [0.15, 0.2) is 59.5 Å². The molecule has 0 aliphatic carbocycles. The maximum absolute atomic E-state index is 12.7. The molecule has 0 unspecified atom stereocenters. The van der Waals surface area contributed by atoms with Gasteiger partial charge >= 0.3 is 0 Å². The zero-order valence-corrected chi connectivity index (χ0v) is 17.0. The molecule has 0 N–H and O–H groups in total. The number of amides is 1. The van der Waals surface area contributed by atoms with Crippen molar-refractivity contribution in [3.8, 4) is 0 Å². The molecule has 1 heterocycles. The molecule has 134 valence electrons. The van der Waals surface area contributed by atoms with Gasteiger partial charge in [0.2, 0.25) is 0 Å². The van der Waals surface area contributed by atoms with Gasteiger partial charge in [-0.25, -0.2) is 0 Å². The van der Waals surface area contributed by atoms with Gasteiger partial charge in [-0.1, -0.05) is 99.3 Å². The summed E-state index contributed by atoms with van der Waals surface area (Å²) in [5.41, 5.74) is 3.65. The van der Waals surface area contributed by atoms with E-state index < -0.39 is 0 Å². The number of thiocarbonyl (C=S) groups is 1. The summed E-state index contributed by atoms with van der Waals surface area (Å²) in [4.78, 5) is 15.1. The van der Waals surface area contributed by atoms with E-state index in [1.165, 1.54) is 22.9 Å². The zero-order chi connectivity index (χ0) is 18.7. The number of carbonyl (C=O) groups excluding carboxylic acids is 1. The largest absolute Gasteiger partial charge is 0.293 e. The summed E-state index contributed by atoms with van der Waals surface area (Å²) in [6.45, 7) is 7.20. The highest BCUT2D eigenvalue weighted by molar-refractivity contribution is 8.26. The Labute approximate surface area is 165 Å². The number of hydrogen-bond acceptors (Lipinski definition) is 3. The average molecular weight is 382 g/mol. The van der Waals surface area contributed by atoms with E-state index in [1.54, 1.807) is 4.90 Å². The Balaban J connectivity index is 1.70. The van der Waals surface area contributed by atoms with Gasteiger partial charge < -0.3 is 0 Å². The van der Waals surface area contributed by atoms with Crippen LogP contribution in [0.2, 0.25) is 0 Å². The summed E-state index contributed by atoms with van der Waals surface area (Å²) < 4.78 is 0.642. The highest BCUT2D eigenvalue weighted by Gasteiger charge is 2.31. The number of thioether (sulfide) groups is 1. The van der Waals surface area contributed by atoms with Gasteiger partial charge in [0.05, 0.1) is 4.91 Å². The summed E-state index contributed by atoms with van der Waals surface area (Å²) in [5, 5.41) is 0. The van der Waals surface area contributed by atoms with Crippen molar-refractivity contribution in [3.63, 3.8) is 0 Å². The Bertz CT molecular complexity index is 833. The van der Waals surface area contributed by atoms with Gasteiger partial charge in [-0.05, 0) is 34.6 Å². The monoisotopic (exact) mass is 381 g/mol. The van der Waals surface area contributed by atoms with Crippen LogP contribution in [0.3, 0.4) is 0 Å². The van der Waals surface area contributed by atoms with E-state index in [0.29, 0.717) is 15.8 Å². The molecule has 1 fully saturated rings. The predicted molar refractivity (Wildman–Crippen MR) is 115 cm³/mol. The molecule has 0 saturated carbocycles. The fraction of sp³-hybridized carbons (Fsp3) is 0.273. The third-order valence-corrected chi connectivity index (χ3v) is 5.79. The van der Waals surface area contributed by atoms with Crippen LogP contribution in [0, 0.1) is 0 Å². The second-order valence-electron chi connectivity index (χ2n) is 7.44. The van der Waals surface area contributed by atoms with Gasteiger partial charge in [-0.15, -0.1) is 0 Å². The number of nitrogens with zero attached hydrogens (tertiary/aromatic N) is 1. The average Bonchev–Trinajstić information content (AvgIpc) is 2.87. The lowest BCUT2D eigenvalue weighted by Crippen LogP contribution is -2.30. The molecule has 2 nitrogen and oxygen atoms in total. The first-order valence-corrected chi connectivity index (χ1v) is 9.97. The molecular weight excluding hydrogens is 358 g/mol. The maximum atomic E-state index is 12.7. The molecular formula is C22H23NOS2. The molecule has 2 aromatic carbocycles. The van der Waals surface area contributed by atoms with Gasteiger partial charge in [0, 0.05) is 6.54 Å². The Hall–Kier alpha value is -1.91. The third-order valence-electron chi connectivity index (χ3n) is 4.41. The lowest BCUT2D eigenvalue weighted by molar-refractivity contribution is -0.122. The Morgan fingerprint density at radius 3 is 2.31 bits per heavy atom. The lowest BCUT2D eigenvalue weighted by atomic mass is 9.87. The molecule has 0 atom stereocenters. The summed E-state index contributed by atoms with van der Waals surface area (Å²) in [6.07, 6.45) is 2.75. The fourth-order valence-corrected chi connectivity index (χ4v) is 4.12. The molecule has 2 aromatic rings. The minimum Gasteiger partial charge on any atom is -0.293 e. The summed E-state index contributed by atoms with van der Waals surface area (Å²) in [7, 11) is 0. The van der Waals surface area contributed by atoms with E-state index in [4.69, 9.17) is 12.2 Å². The second kappa shape index (κ2) is 7.77. The van der Waals surface area contributed by atoms with Gasteiger partial charge in [0.25, 0.3) is 5.91 Å². The van der Waals surface area contributed by atoms with Gasteiger partial charge in [0.1, 0.15) is 4.32 Å². The second-order valence-corrected chi connectivity index (χ2v) is 9.12. The van der Waals surface area contributed by atoms with Crippen LogP contribution in [-0.2, 0) is 16.6 Å². The van der Waals surface area contributed by atoms with Crippen LogP contribution in [0.5, 0.6) is 0 Å². The summed E-state index contributed by atoms with van der Waals surface area (Å²) >= 11 is 6.81. The molecule has 1 amide bonds. The first kappa shape index (κ1) is 18.9. The third kappa shape index (κ3) is 4.43. The van der Waals surface area contributed by atoms with Crippen LogP contribution in [-0.4, -0.2) is 21.7 Å². The minimum absolute atomic E-state index is 0.0100. The van der Waals surface area contributed by atoms with Crippen molar-refractivity contribution in [2.24, 2.45) is 0 Å². The fourth-order valence-electron chi connectivity index (χ4n) is 2.81. The molecule has 4 heteroatoms. The summed E-state index contributed by atoms with van der Waals surface area (Å²) in [5.74, 6) is 0.0100. The zero-order valence-electron chi connectivity index (χ0n) is 15.4. The number of rotatable bonds is 4. The van der Waals surface area contributed by atoms with E-state index in [-0.39, 0.29) is 11.3 Å². The van der Waals surface area contributed by atoms with Crippen molar-refractivity contribution in [1.29, 1.82) is 0 Å². The lowest BCUT2D eigenvalue weighted by Gasteiger charge is -2.18. The van der Waals surface area contributed by atoms with Gasteiger partial charge in [0.15, 0.2) is 0 Å². The van der Waals surface area contributed by atoms with Gasteiger partial charge in [-0.3, -0.25) is 9.69 Å². The van der Waals surface area contributed by atoms with Crippen molar-refractivity contribution >= 4 is 40.3 Å². The topological polar surface area (TPSA) is 20.3 Å². The van der Waals surface area contributed by atoms with Crippen LogP contribution in [0.25, 0.3) is 6.08 Å². The highest BCUT2D eigenvalue weighted by Crippen LogP contribution is 2.33. The Kier molecular flexibility index (Phi) is 5.64. The predicted octanol–water partition coefficient (Wildman–Crippen LogP) is 5.43. The number of carbonyl (C=O) groups is 1. The molecule has 1 saturated heterocycles. The Morgan fingerprint density at radius 2 is 1.69 bits per heavy atom. The standard InChI is InChI=1S/C22H23NOS2/c1-22(2,3)18-11-9-17(10-12-18)15-19-20(24)23(21(25)26-19)14-13-16-7-5-4-6-8-16/h4-12,15H,13-14H2,1-3H3/b19-15-. The normalized spacial score (nSPS) is 16.6. The van der Waals surface area contributed by atoms with E-state index in [2.05, 4.69) is 57.2 Å². The van der Waals surface area contributed by atoms with Crippen LogP contribution >= 0.6 is 24.0 Å². The first-order chi connectivity index (χ1) is 12.3. The van der Waals surface area contributed by atoms with Crippen molar-refractivity contribution < 1.29 is 4.79 Å². The van der Waals surface area contributed by atoms with E-state index in [0.717, 1.165) is 12.0 Å². The number of benzene rings is 2. The Morgan fingerprint density at radius 1 is 1.04 bits per heavy atom. The molecule has 1 aliphatic rings. The van der Waals surface area contributed by atoms with Crippen molar-refractivity contribution in [1.82, 2.24) is 4.90 Å². The van der Waals surface area contributed by atoms with Crippen molar-refractivity contribution in [3.05, 3.63) is 76.2 Å². The molecule has 1 aliphatic heterocycles. The smallest absolute Gasteiger partial charge is 0.266 e. The maximum Gasteiger partial charge on any atom is 0.266 e. The first-order valence-electron chi connectivity index (χ1n) is 8.74. The van der Waals surface area contributed by atoms with Crippen molar-refractivity contribution in [2.45, 2.75) is 32.6 Å². The van der Waals surface area contributed by atoms with E-state index in [9.17, 15) is 4.79 Å². The minimum atomic E-state index is 0.0100. The summed E-state index contributed by atoms with van der Waals surface area (Å²) in [6, 6.07) is 18.6. The van der Waals surface area contributed by atoms with Crippen LogP contribution in [0.1, 0.15) is 37.5 Å². The SMILES string of the molecule is CC(C)(C)c1ccc(/C=C2\SC(=S)N(CCc3ccccc3)C2=O)cc1. The van der Waals surface area contributed by atoms with E-state index in [1.807, 2.05) is 24.3 Å². The molecule has 0 radical (unpaired) electrons. The molecule has 0 aromatic heterocycles. The molecule has 3 rings (SSSR count). The van der Waals surface area contributed by atoms with Gasteiger partial charge in [-0.2, -0.15) is 0 Å². The molecule has 26 heavy (non-hydrogen) atoms. The van der Waals surface area contributed by atoms with Crippen LogP contribution in [0.4, 0.5) is 0 Å². The molecule has 0 spiro atoms.